The lowest BCUT2D eigenvalue weighted by Gasteiger charge is -2.30. The lowest BCUT2D eigenvalue weighted by atomic mass is 9.74. The molecule has 0 bridgehead atoms. The van der Waals surface area contributed by atoms with Gasteiger partial charge in [0.25, 0.3) is 0 Å². The molecule has 0 radical (unpaired) electrons. The molecule has 0 amide bonds. The first kappa shape index (κ1) is 17.0. The van der Waals surface area contributed by atoms with Gasteiger partial charge in [0.05, 0.1) is 0 Å². The van der Waals surface area contributed by atoms with Crippen LogP contribution in [0.3, 0.4) is 0 Å². The van der Waals surface area contributed by atoms with Crippen molar-refractivity contribution in [1.29, 1.82) is 0 Å². The molecule has 2 heteroatoms. The number of nitrogen functional groups attached to an aromatic ring is 1. The fourth-order valence-electron chi connectivity index (χ4n) is 4.64. The van der Waals surface area contributed by atoms with Crippen LogP contribution in [0.1, 0.15) is 44.2 Å². The molecule has 0 spiro atoms. The molecule has 0 aromatic heterocycles. The summed E-state index contributed by atoms with van der Waals surface area (Å²) in [6.07, 6.45) is 4.07. The van der Waals surface area contributed by atoms with Gasteiger partial charge in [0.2, 0.25) is 0 Å². The SMILES string of the molecule is CC.Nc1ccc(C23CCCC2CN(Cc2ccccc2)C3)cc1. The summed E-state index contributed by atoms with van der Waals surface area (Å²) in [7, 11) is 0. The van der Waals surface area contributed by atoms with Gasteiger partial charge in [-0.1, -0.05) is 62.7 Å². The topological polar surface area (TPSA) is 29.3 Å². The molecule has 4 rings (SSSR count). The molecule has 2 nitrogen and oxygen atoms in total. The number of nitrogens with two attached hydrogens (primary N) is 1. The highest BCUT2D eigenvalue weighted by molar-refractivity contribution is 5.43. The van der Waals surface area contributed by atoms with Crippen molar-refractivity contribution >= 4 is 5.69 Å². The highest BCUT2D eigenvalue weighted by Crippen LogP contribution is 2.50. The van der Waals surface area contributed by atoms with Crippen molar-refractivity contribution in [2.24, 2.45) is 5.92 Å². The average molecular weight is 322 g/mol. The Morgan fingerprint density at radius 2 is 1.75 bits per heavy atom. The van der Waals surface area contributed by atoms with Gasteiger partial charge in [-0.25, -0.2) is 0 Å². The summed E-state index contributed by atoms with van der Waals surface area (Å²) in [4.78, 5) is 2.65. The summed E-state index contributed by atoms with van der Waals surface area (Å²) in [5.41, 5.74) is 10.0. The maximum atomic E-state index is 5.88. The van der Waals surface area contributed by atoms with Gasteiger partial charge < -0.3 is 5.73 Å². The normalized spacial score (nSPS) is 25.8. The second kappa shape index (κ2) is 7.40. The maximum absolute atomic E-state index is 5.88. The van der Waals surface area contributed by atoms with E-state index in [-0.39, 0.29) is 0 Å². The molecule has 2 aliphatic rings. The second-order valence-electron chi connectivity index (χ2n) is 7.02. The summed E-state index contributed by atoms with van der Waals surface area (Å²) < 4.78 is 0. The van der Waals surface area contributed by atoms with Gasteiger partial charge in [-0.15, -0.1) is 0 Å². The number of anilines is 1. The van der Waals surface area contributed by atoms with Crippen LogP contribution in [0.4, 0.5) is 5.69 Å². The Bertz CT molecular complexity index is 635. The van der Waals surface area contributed by atoms with Gasteiger partial charge in [0.1, 0.15) is 0 Å². The van der Waals surface area contributed by atoms with Gasteiger partial charge in [0.15, 0.2) is 0 Å². The van der Waals surface area contributed by atoms with Crippen LogP contribution >= 0.6 is 0 Å². The Kier molecular flexibility index (Phi) is 5.25. The highest BCUT2D eigenvalue weighted by atomic mass is 15.2. The number of nitrogens with zero attached hydrogens (tertiary/aromatic N) is 1. The van der Waals surface area contributed by atoms with Crippen LogP contribution in [0.5, 0.6) is 0 Å². The smallest absolute Gasteiger partial charge is 0.0314 e. The number of rotatable bonds is 3. The van der Waals surface area contributed by atoms with Crippen molar-refractivity contribution in [3.63, 3.8) is 0 Å². The average Bonchev–Trinajstić information content (AvgIpc) is 3.16. The first-order chi connectivity index (χ1) is 11.8. The quantitative estimate of drug-likeness (QED) is 0.819. The molecule has 1 saturated heterocycles. The molecule has 2 unspecified atom stereocenters. The molecular weight excluding hydrogens is 292 g/mol. The summed E-state index contributed by atoms with van der Waals surface area (Å²) in [6.45, 7) is 7.50. The van der Waals surface area contributed by atoms with Crippen LogP contribution < -0.4 is 5.73 Å². The van der Waals surface area contributed by atoms with Crippen LogP contribution in [-0.2, 0) is 12.0 Å². The Hall–Kier alpha value is -1.80. The fourth-order valence-corrected chi connectivity index (χ4v) is 4.64. The van der Waals surface area contributed by atoms with Crippen LogP contribution in [0.25, 0.3) is 0 Å². The fraction of sp³-hybridized carbons (Fsp3) is 0.455. The van der Waals surface area contributed by atoms with E-state index in [2.05, 4.69) is 59.5 Å². The monoisotopic (exact) mass is 322 g/mol. The molecular formula is C22H30N2. The van der Waals surface area contributed by atoms with Crippen molar-refractivity contribution in [1.82, 2.24) is 4.90 Å². The molecule has 1 heterocycles. The predicted molar refractivity (Wildman–Crippen MR) is 103 cm³/mol. The zero-order valence-electron chi connectivity index (χ0n) is 15.0. The van der Waals surface area contributed by atoms with Crippen LogP contribution in [-0.4, -0.2) is 18.0 Å². The minimum absolute atomic E-state index is 0.364. The Morgan fingerprint density at radius 3 is 2.46 bits per heavy atom. The molecule has 2 fully saturated rings. The number of hydrogen-bond donors (Lipinski definition) is 1. The second-order valence-corrected chi connectivity index (χ2v) is 7.02. The van der Waals surface area contributed by atoms with Crippen LogP contribution in [0.15, 0.2) is 54.6 Å². The largest absolute Gasteiger partial charge is 0.399 e. The molecule has 2 atom stereocenters. The molecule has 1 saturated carbocycles. The third kappa shape index (κ3) is 3.21. The molecule has 2 N–H and O–H groups in total. The lowest BCUT2D eigenvalue weighted by Crippen LogP contribution is -2.31. The zero-order chi connectivity index (χ0) is 17.0. The zero-order valence-corrected chi connectivity index (χ0v) is 15.0. The third-order valence-corrected chi connectivity index (χ3v) is 5.68. The van der Waals surface area contributed by atoms with E-state index in [9.17, 15) is 0 Å². The molecule has 2 aromatic carbocycles. The summed E-state index contributed by atoms with van der Waals surface area (Å²) in [5, 5.41) is 0. The highest BCUT2D eigenvalue weighted by Gasteiger charge is 2.50. The van der Waals surface area contributed by atoms with Crippen LogP contribution in [0, 0.1) is 5.92 Å². The molecule has 24 heavy (non-hydrogen) atoms. The Labute approximate surface area is 146 Å². The molecule has 1 aliphatic carbocycles. The van der Waals surface area contributed by atoms with E-state index >= 15 is 0 Å². The van der Waals surface area contributed by atoms with E-state index in [1.807, 2.05) is 13.8 Å². The van der Waals surface area contributed by atoms with Crippen molar-refractivity contribution in [3.05, 3.63) is 65.7 Å². The first-order valence-electron chi connectivity index (χ1n) is 9.39. The summed E-state index contributed by atoms with van der Waals surface area (Å²) in [6, 6.07) is 19.5. The van der Waals surface area contributed by atoms with E-state index in [0.29, 0.717) is 5.41 Å². The third-order valence-electron chi connectivity index (χ3n) is 5.68. The van der Waals surface area contributed by atoms with Crippen molar-refractivity contribution < 1.29 is 0 Å². The van der Waals surface area contributed by atoms with Gasteiger partial charge >= 0.3 is 0 Å². The molecule has 2 aromatic rings. The minimum atomic E-state index is 0.364. The van der Waals surface area contributed by atoms with E-state index in [1.165, 1.54) is 43.5 Å². The van der Waals surface area contributed by atoms with Gasteiger partial charge in [-0.3, -0.25) is 4.90 Å². The van der Waals surface area contributed by atoms with E-state index in [0.717, 1.165) is 18.2 Å². The molecule has 128 valence electrons. The van der Waals surface area contributed by atoms with Crippen molar-refractivity contribution in [3.8, 4) is 0 Å². The van der Waals surface area contributed by atoms with Crippen LogP contribution in [0.2, 0.25) is 0 Å². The van der Waals surface area contributed by atoms with E-state index in [1.54, 1.807) is 0 Å². The van der Waals surface area contributed by atoms with E-state index in [4.69, 9.17) is 5.73 Å². The van der Waals surface area contributed by atoms with Gasteiger partial charge in [0, 0.05) is 30.7 Å². The Morgan fingerprint density at radius 1 is 1.04 bits per heavy atom. The van der Waals surface area contributed by atoms with Crippen molar-refractivity contribution in [2.45, 2.75) is 45.1 Å². The number of fused-ring (bicyclic) bond motifs is 1. The number of benzene rings is 2. The van der Waals surface area contributed by atoms with Crippen molar-refractivity contribution in [2.75, 3.05) is 18.8 Å². The standard InChI is InChI=1S/C20H24N2.C2H6/c21-19-10-8-17(9-11-19)20-12-4-7-18(20)14-22(15-20)13-16-5-2-1-3-6-16;1-2/h1-3,5-6,8-11,18H,4,7,12-15,21H2;1-2H3. The summed E-state index contributed by atoms with van der Waals surface area (Å²) >= 11 is 0. The predicted octanol–water partition coefficient (Wildman–Crippen LogP) is 4.85. The minimum Gasteiger partial charge on any atom is -0.399 e. The van der Waals surface area contributed by atoms with E-state index < -0.39 is 0 Å². The molecule has 1 aliphatic heterocycles. The van der Waals surface area contributed by atoms with Gasteiger partial charge in [-0.2, -0.15) is 0 Å². The van der Waals surface area contributed by atoms with Gasteiger partial charge in [-0.05, 0) is 42.0 Å². The summed E-state index contributed by atoms with van der Waals surface area (Å²) in [5.74, 6) is 0.805. The lowest BCUT2D eigenvalue weighted by molar-refractivity contribution is 0.295. The Balaban J connectivity index is 0.000000815. The maximum Gasteiger partial charge on any atom is 0.0314 e. The number of hydrogen-bond acceptors (Lipinski definition) is 2. The first-order valence-corrected chi connectivity index (χ1v) is 9.39. The number of likely N-dealkylation sites (tertiary alicyclic amines) is 1.